The van der Waals surface area contributed by atoms with Gasteiger partial charge in [0.2, 0.25) is 0 Å². The van der Waals surface area contributed by atoms with Gasteiger partial charge in [-0.1, -0.05) is 23.7 Å². The summed E-state index contributed by atoms with van der Waals surface area (Å²) in [4.78, 5) is 18.3. The number of amides is 1. The number of carbonyl (C=O) groups excluding carboxylic acids is 1. The summed E-state index contributed by atoms with van der Waals surface area (Å²) in [6.07, 6.45) is 0. The minimum Gasteiger partial charge on any atom is -0.395 e. The molecule has 22 heavy (non-hydrogen) atoms. The van der Waals surface area contributed by atoms with E-state index in [1.807, 2.05) is 12.1 Å². The fourth-order valence-electron chi connectivity index (χ4n) is 1.90. The Morgan fingerprint density at radius 1 is 1.36 bits per heavy atom. The van der Waals surface area contributed by atoms with Gasteiger partial charge in [-0.3, -0.25) is 4.79 Å². The zero-order chi connectivity index (χ0) is 15.9. The summed E-state index contributed by atoms with van der Waals surface area (Å²) in [5.41, 5.74) is 1.29. The number of aliphatic hydroxyl groups is 1. The topological polar surface area (TPSA) is 62.7 Å². The maximum absolute atomic E-state index is 12.4. The molecule has 0 aliphatic heterocycles. The van der Waals surface area contributed by atoms with Crippen LogP contribution in [0.5, 0.6) is 0 Å². The van der Waals surface area contributed by atoms with Gasteiger partial charge in [0.25, 0.3) is 5.91 Å². The maximum atomic E-state index is 12.4. The van der Waals surface area contributed by atoms with Crippen LogP contribution < -0.4 is 0 Å². The number of aromatic nitrogens is 1. The van der Waals surface area contributed by atoms with E-state index in [9.17, 15) is 4.79 Å². The number of ether oxygens (including phenoxy) is 1. The first-order valence-corrected chi connectivity index (χ1v) is 8.02. The van der Waals surface area contributed by atoms with E-state index in [1.54, 1.807) is 24.6 Å². The van der Waals surface area contributed by atoms with Crippen molar-refractivity contribution >= 4 is 28.8 Å². The predicted molar refractivity (Wildman–Crippen MR) is 87.4 cm³/mol. The molecule has 0 radical (unpaired) electrons. The highest BCUT2D eigenvalue weighted by Crippen LogP contribution is 2.25. The Kier molecular flexibility index (Phi) is 6.33. The molecule has 0 saturated heterocycles. The van der Waals surface area contributed by atoms with Gasteiger partial charge in [0.15, 0.2) is 0 Å². The lowest BCUT2D eigenvalue weighted by Gasteiger charge is -2.20. The number of halogens is 1. The van der Waals surface area contributed by atoms with Crippen molar-refractivity contribution in [1.29, 1.82) is 0 Å². The van der Waals surface area contributed by atoms with E-state index in [4.69, 9.17) is 21.4 Å². The number of hydrogen-bond donors (Lipinski definition) is 1. The summed E-state index contributed by atoms with van der Waals surface area (Å²) in [5.74, 6) is -0.206. The molecule has 0 aliphatic carbocycles. The fraction of sp³-hybridized carbons (Fsp3) is 0.333. The van der Waals surface area contributed by atoms with Crippen LogP contribution in [0.4, 0.5) is 0 Å². The second-order valence-corrected chi connectivity index (χ2v) is 5.85. The molecule has 0 saturated carbocycles. The first kappa shape index (κ1) is 16.9. The molecule has 1 amide bonds. The van der Waals surface area contributed by atoms with Gasteiger partial charge in [0.05, 0.1) is 13.2 Å². The first-order valence-electron chi connectivity index (χ1n) is 6.76. The van der Waals surface area contributed by atoms with E-state index < -0.39 is 0 Å². The summed E-state index contributed by atoms with van der Waals surface area (Å²) in [7, 11) is 1.57. The minimum absolute atomic E-state index is 0.0936. The molecule has 118 valence electrons. The third-order valence-corrected chi connectivity index (χ3v) is 4.18. The van der Waals surface area contributed by atoms with Crippen LogP contribution in [0, 0.1) is 0 Å². The van der Waals surface area contributed by atoms with Gasteiger partial charge in [-0.15, -0.1) is 11.3 Å². The van der Waals surface area contributed by atoms with Gasteiger partial charge in [-0.25, -0.2) is 4.98 Å². The van der Waals surface area contributed by atoms with Crippen molar-refractivity contribution in [3.8, 4) is 10.6 Å². The lowest BCUT2D eigenvalue weighted by Crippen LogP contribution is -2.36. The van der Waals surface area contributed by atoms with Crippen molar-refractivity contribution in [3.63, 3.8) is 0 Å². The zero-order valence-electron chi connectivity index (χ0n) is 12.2. The second kappa shape index (κ2) is 8.24. The molecule has 2 aromatic rings. The summed E-state index contributed by atoms with van der Waals surface area (Å²) in [5, 5.41) is 12.2. The number of benzene rings is 1. The first-order chi connectivity index (χ1) is 10.7. The van der Waals surface area contributed by atoms with Crippen LogP contribution in [0.25, 0.3) is 10.6 Å². The number of thiazole rings is 1. The molecule has 7 heteroatoms. The fourth-order valence-corrected chi connectivity index (χ4v) is 2.82. The predicted octanol–water partition coefficient (Wildman–Crippen LogP) is 2.54. The quantitative estimate of drug-likeness (QED) is 0.841. The average molecular weight is 341 g/mol. The van der Waals surface area contributed by atoms with Crippen LogP contribution in [0.15, 0.2) is 29.6 Å². The highest BCUT2D eigenvalue weighted by Gasteiger charge is 2.18. The van der Waals surface area contributed by atoms with E-state index in [0.717, 1.165) is 10.6 Å². The molecule has 2 rings (SSSR count). The average Bonchev–Trinajstić information content (AvgIpc) is 3.01. The van der Waals surface area contributed by atoms with Gasteiger partial charge in [0.1, 0.15) is 10.7 Å². The van der Waals surface area contributed by atoms with Gasteiger partial charge in [-0.05, 0) is 12.1 Å². The minimum atomic E-state index is -0.206. The highest BCUT2D eigenvalue weighted by molar-refractivity contribution is 7.13. The van der Waals surface area contributed by atoms with Crippen LogP contribution in [0.3, 0.4) is 0 Å². The van der Waals surface area contributed by atoms with Gasteiger partial charge in [0, 0.05) is 36.2 Å². The Labute approximate surface area is 138 Å². The van der Waals surface area contributed by atoms with Crippen molar-refractivity contribution in [2.45, 2.75) is 0 Å². The molecule has 0 unspecified atom stereocenters. The summed E-state index contributed by atoms with van der Waals surface area (Å²) >= 11 is 7.27. The van der Waals surface area contributed by atoms with Crippen LogP contribution in [0.1, 0.15) is 10.5 Å². The van der Waals surface area contributed by atoms with Crippen molar-refractivity contribution < 1.29 is 14.6 Å². The van der Waals surface area contributed by atoms with E-state index in [0.29, 0.717) is 23.9 Å². The molecule has 0 atom stereocenters. The molecule has 1 aromatic heterocycles. The van der Waals surface area contributed by atoms with E-state index in [1.165, 1.54) is 16.2 Å². The van der Waals surface area contributed by atoms with E-state index in [-0.39, 0.29) is 19.1 Å². The summed E-state index contributed by atoms with van der Waals surface area (Å²) in [6, 6.07) is 7.31. The number of rotatable bonds is 7. The molecule has 0 aliphatic rings. The monoisotopic (exact) mass is 340 g/mol. The molecular formula is C15H17ClN2O3S. The Morgan fingerprint density at radius 2 is 2.09 bits per heavy atom. The maximum Gasteiger partial charge on any atom is 0.273 e. The Bertz CT molecular complexity index is 616. The zero-order valence-corrected chi connectivity index (χ0v) is 13.7. The smallest absolute Gasteiger partial charge is 0.273 e. The molecular weight excluding hydrogens is 324 g/mol. The Hall–Kier alpha value is -1.47. The van der Waals surface area contributed by atoms with Crippen molar-refractivity contribution in [1.82, 2.24) is 9.88 Å². The van der Waals surface area contributed by atoms with Crippen LogP contribution in [-0.2, 0) is 4.74 Å². The summed E-state index contributed by atoms with van der Waals surface area (Å²) < 4.78 is 4.98. The highest BCUT2D eigenvalue weighted by atomic mass is 35.5. The standard InChI is InChI=1S/C15H17ClN2O3S/c1-21-9-7-18(6-8-19)15(20)13-10-22-14(17-13)11-2-4-12(16)5-3-11/h2-5,10,19H,6-9H2,1H3. The third kappa shape index (κ3) is 4.27. The lowest BCUT2D eigenvalue weighted by molar-refractivity contribution is 0.0651. The summed E-state index contributed by atoms with van der Waals surface area (Å²) in [6.45, 7) is 1.00. The Balaban J connectivity index is 2.14. The number of methoxy groups -OCH3 is 1. The molecule has 0 spiro atoms. The van der Waals surface area contributed by atoms with E-state index >= 15 is 0 Å². The number of hydrogen-bond acceptors (Lipinski definition) is 5. The molecule has 5 nitrogen and oxygen atoms in total. The lowest BCUT2D eigenvalue weighted by atomic mass is 10.2. The molecule has 0 bridgehead atoms. The third-order valence-electron chi connectivity index (χ3n) is 3.04. The van der Waals surface area contributed by atoms with Crippen molar-refractivity contribution in [2.24, 2.45) is 0 Å². The molecule has 1 heterocycles. The normalized spacial score (nSPS) is 10.7. The van der Waals surface area contributed by atoms with E-state index in [2.05, 4.69) is 4.98 Å². The molecule has 1 N–H and O–H groups in total. The van der Waals surface area contributed by atoms with Gasteiger partial charge >= 0.3 is 0 Å². The van der Waals surface area contributed by atoms with Crippen molar-refractivity contribution in [3.05, 3.63) is 40.4 Å². The van der Waals surface area contributed by atoms with Crippen LogP contribution in [-0.4, -0.2) is 54.3 Å². The number of carbonyl (C=O) groups is 1. The number of nitrogens with zero attached hydrogens (tertiary/aromatic N) is 2. The molecule has 1 aromatic carbocycles. The largest absolute Gasteiger partial charge is 0.395 e. The number of aliphatic hydroxyl groups excluding tert-OH is 1. The SMILES string of the molecule is COCCN(CCO)C(=O)c1csc(-c2ccc(Cl)cc2)n1. The van der Waals surface area contributed by atoms with Gasteiger partial charge in [-0.2, -0.15) is 0 Å². The van der Waals surface area contributed by atoms with Crippen LogP contribution >= 0.6 is 22.9 Å². The molecule has 0 fully saturated rings. The second-order valence-electron chi connectivity index (χ2n) is 4.55. The Morgan fingerprint density at radius 3 is 2.73 bits per heavy atom. The van der Waals surface area contributed by atoms with Gasteiger partial charge < -0.3 is 14.7 Å². The van der Waals surface area contributed by atoms with Crippen LogP contribution in [0.2, 0.25) is 5.02 Å². The van der Waals surface area contributed by atoms with Crippen molar-refractivity contribution in [2.75, 3.05) is 33.4 Å².